The van der Waals surface area contributed by atoms with E-state index in [-0.39, 0.29) is 18.0 Å². The van der Waals surface area contributed by atoms with Gasteiger partial charge in [-0.2, -0.15) is 5.10 Å². The van der Waals surface area contributed by atoms with Gasteiger partial charge in [-0.15, -0.1) is 0 Å². The zero-order valence-electron chi connectivity index (χ0n) is 11.2. The summed E-state index contributed by atoms with van der Waals surface area (Å²) in [5.41, 5.74) is 9.30. The smallest absolute Gasteiger partial charge is 0.258 e. The van der Waals surface area contributed by atoms with Crippen LogP contribution in [0, 0.1) is 0 Å². The van der Waals surface area contributed by atoms with E-state index in [4.69, 9.17) is 4.42 Å². The monoisotopic (exact) mass is 285 g/mol. The predicted octanol–water partition coefficient (Wildman–Crippen LogP) is 0.732. The molecular formula is C14H15N5O2. The highest BCUT2D eigenvalue weighted by Gasteiger charge is 2.31. The number of nitrogens with zero attached hydrogens (tertiary/aromatic N) is 2. The Labute approximate surface area is 121 Å². The van der Waals surface area contributed by atoms with Crippen LogP contribution in [0.25, 0.3) is 0 Å². The van der Waals surface area contributed by atoms with E-state index in [9.17, 15) is 4.79 Å². The summed E-state index contributed by atoms with van der Waals surface area (Å²) in [6.07, 6.45) is 7.11. The molecule has 2 atom stereocenters. The van der Waals surface area contributed by atoms with Gasteiger partial charge < -0.3 is 4.42 Å². The number of carbonyl (C=O) groups is 1. The van der Waals surface area contributed by atoms with Crippen molar-refractivity contribution in [1.29, 1.82) is 0 Å². The first-order chi connectivity index (χ1) is 10.3. The van der Waals surface area contributed by atoms with Gasteiger partial charge in [-0.1, -0.05) is 6.07 Å². The summed E-state index contributed by atoms with van der Waals surface area (Å²) < 4.78 is 5.31. The molecule has 2 aromatic rings. The summed E-state index contributed by atoms with van der Waals surface area (Å²) in [7, 11) is 0. The Kier molecular flexibility index (Phi) is 4.04. The number of hydrazone groups is 1. The molecule has 1 amide bonds. The van der Waals surface area contributed by atoms with Gasteiger partial charge in [0.05, 0.1) is 18.5 Å². The number of furan rings is 1. The lowest BCUT2D eigenvalue weighted by Crippen LogP contribution is -2.41. The summed E-state index contributed by atoms with van der Waals surface area (Å²) in [5, 5.41) is 3.92. The second kappa shape index (κ2) is 6.29. The lowest BCUT2D eigenvalue weighted by Gasteiger charge is -2.06. The summed E-state index contributed by atoms with van der Waals surface area (Å²) >= 11 is 0. The molecule has 1 fully saturated rings. The molecule has 0 aliphatic carbocycles. The number of carbonyl (C=O) groups excluding carboxylic acids is 1. The van der Waals surface area contributed by atoms with Crippen LogP contribution >= 0.6 is 0 Å². The zero-order chi connectivity index (χ0) is 14.5. The standard InChI is InChI=1S/C14H15N5O2/c20-14(19-16-9-10-3-1-5-15-8-10)12-7-11(17-18-12)13-4-2-6-21-13/h1-6,8-9,11-12,17-18H,7H2,(H,19,20)/b16-9+. The van der Waals surface area contributed by atoms with Gasteiger partial charge in [-0.25, -0.2) is 16.3 Å². The van der Waals surface area contributed by atoms with Crippen molar-refractivity contribution in [2.24, 2.45) is 5.10 Å². The maximum Gasteiger partial charge on any atom is 0.258 e. The van der Waals surface area contributed by atoms with Crippen molar-refractivity contribution >= 4 is 12.1 Å². The molecule has 0 radical (unpaired) electrons. The molecule has 1 saturated heterocycles. The molecule has 2 unspecified atom stereocenters. The lowest BCUT2D eigenvalue weighted by atomic mass is 10.1. The summed E-state index contributed by atoms with van der Waals surface area (Å²) in [5.74, 6) is 0.605. The van der Waals surface area contributed by atoms with Crippen molar-refractivity contribution < 1.29 is 9.21 Å². The quantitative estimate of drug-likeness (QED) is 0.569. The van der Waals surface area contributed by atoms with Gasteiger partial charge in [0.2, 0.25) is 0 Å². The third-order valence-corrected chi connectivity index (χ3v) is 3.18. The molecule has 21 heavy (non-hydrogen) atoms. The summed E-state index contributed by atoms with van der Waals surface area (Å²) in [6, 6.07) is 6.98. The van der Waals surface area contributed by atoms with Crippen LogP contribution in [0.5, 0.6) is 0 Å². The number of pyridine rings is 1. The average Bonchev–Trinajstić information content (AvgIpc) is 3.19. The van der Waals surface area contributed by atoms with E-state index in [1.165, 1.54) is 0 Å². The number of nitrogens with one attached hydrogen (secondary N) is 3. The van der Waals surface area contributed by atoms with Crippen LogP contribution in [0.3, 0.4) is 0 Å². The molecule has 7 nitrogen and oxygen atoms in total. The van der Waals surface area contributed by atoms with Crippen molar-refractivity contribution in [2.75, 3.05) is 0 Å². The molecule has 2 aromatic heterocycles. The fraction of sp³-hybridized carbons (Fsp3) is 0.214. The van der Waals surface area contributed by atoms with Gasteiger partial charge >= 0.3 is 0 Å². The molecule has 0 aromatic carbocycles. The highest BCUT2D eigenvalue weighted by molar-refractivity contribution is 5.84. The SMILES string of the molecule is O=C(N/N=C/c1cccnc1)C1CC(c2ccco2)NN1. The predicted molar refractivity (Wildman–Crippen MR) is 76.1 cm³/mol. The van der Waals surface area contributed by atoms with Gasteiger partial charge in [-0.05, 0) is 24.6 Å². The fourth-order valence-electron chi connectivity index (χ4n) is 2.10. The first-order valence-electron chi connectivity index (χ1n) is 6.60. The lowest BCUT2D eigenvalue weighted by molar-refractivity contribution is -0.122. The Bertz CT molecular complexity index is 612. The average molecular weight is 285 g/mol. The minimum Gasteiger partial charge on any atom is -0.468 e. The second-order valence-corrected chi connectivity index (χ2v) is 4.67. The van der Waals surface area contributed by atoms with E-state index >= 15 is 0 Å². The van der Waals surface area contributed by atoms with Crippen molar-refractivity contribution in [3.8, 4) is 0 Å². The molecule has 1 aliphatic rings. The summed E-state index contributed by atoms with van der Waals surface area (Å²) in [4.78, 5) is 15.9. The maximum absolute atomic E-state index is 12.0. The Hall–Kier alpha value is -2.51. The molecule has 1 aliphatic heterocycles. The van der Waals surface area contributed by atoms with E-state index in [0.717, 1.165) is 11.3 Å². The van der Waals surface area contributed by atoms with E-state index < -0.39 is 0 Å². The van der Waals surface area contributed by atoms with Gasteiger partial charge in [0, 0.05) is 18.0 Å². The number of hydrazine groups is 1. The van der Waals surface area contributed by atoms with Crippen LogP contribution in [-0.2, 0) is 4.79 Å². The van der Waals surface area contributed by atoms with E-state index in [0.29, 0.717) is 6.42 Å². The molecule has 0 bridgehead atoms. The molecule has 7 heteroatoms. The van der Waals surface area contributed by atoms with Gasteiger partial charge in [-0.3, -0.25) is 9.78 Å². The van der Waals surface area contributed by atoms with Crippen LogP contribution in [-0.4, -0.2) is 23.1 Å². The zero-order valence-corrected chi connectivity index (χ0v) is 11.2. The number of aromatic nitrogens is 1. The molecule has 3 rings (SSSR count). The number of hydrogen-bond acceptors (Lipinski definition) is 6. The van der Waals surface area contributed by atoms with E-state index in [1.807, 2.05) is 18.2 Å². The van der Waals surface area contributed by atoms with Crippen molar-refractivity contribution in [2.45, 2.75) is 18.5 Å². The number of amides is 1. The molecule has 3 N–H and O–H groups in total. The topological polar surface area (TPSA) is 91.6 Å². The maximum atomic E-state index is 12.0. The highest BCUT2D eigenvalue weighted by atomic mass is 16.3. The molecule has 3 heterocycles. The third-order valence-electron chi connectivity index (χ3n) is 3.18. The van der Waals surface area contributed by atoms with Crippen LogP contribution in [0.1, 0.15) is 23.8 Å². The van der Waals surface area contributed by atoms with Crippen molar-refractivity contribution in [3.63, 3.8) is 0 Å². The molecule has 0 saturated carbocycles. The number of rotatable bonds is 4. The van der Waals surface area contributed by atoms with Gasteiger partial charge in [0.25, 0.3) is 5.91 Å². The molecular weight excluding hydrogens is 270 g/mol. The van der Waals surface area contributed by atoms with Gasteiger partial charge in [0.15, 0.2) is 0 Å². The highest BCUT2D eigenvalue weighted by Crippen LogP contribution is 2.22. The van der Waals surface area contributed by atoms with E-state index in [2.05, 4.69) is 26.4 Å². The molecule has 108 valence electrons. The first kappa shape index (κ1) is 13.5. The third kappa shape index (κ3) is 3.33. The van der Waals surface area contributed by atoms with Crippen LogP contribution in [0.2, 0.25) is 0 Å². The van der Waals surface area contributed by atoms with Crippen molar-refractivity contribution in [3.05, 3.63) is 54.2 Å². The van der Waals surface area contributed by atoms with Crippen LogP contribution in [0.15, 0.2) is 52.4 Å². The largest absolute Gasteiger partial charge is 0.468 e. The second-order valence-electron chi connectivity index (χ2n) is 4.67. The minimum absolute atomic E-state index is 0.0157. The molecule has 0 spiro atoms. The summed E-state index contributed by atoms with van der Waals surface area (Å²) in [6.45, 7) is 0. The van der Waals surface area contributed by atoms with Crippen LogP contribution < -0.4 is 16.3 Å². The Morgan fingerprint density at radius 3 is 3.14 bits per heavy atom. The minimum atomic E-state index is -0.355. The normalized spacial score (nSPS) is 21.7. The Morgan fingerprint density at radius 2 is 2.38 bits per heavy atom. The fourth-order valence-corrected chi connectivity index (χ4v) is 2.10. The van der Waals surface area contributed by atoms with Crippen LogP contribution in [0.4, 0.5) is 0 Å². The Balaban J connectivity index is 1.51. The Morgan fingerprint density at radius 1 is 1.43 bits per heavy atom. The number of hydrogen-bond donors (Lipinski definition) is 3. The first-order valence-corrected chi connectivity index (χ1v) is 6.60. The van der Waals surface area contributed by atoms with Crippen molar-refractivity contribution in [1.82, 2.24) is 21.3 Å². The van der Waals surface area contributed by atoms with Gasteiger partial charge in [0.1, 0.15) is 11.8 Å². The van der Waals surface area contributed by atoms with E-state index in [1.54, 1.807) is 30.9 Å².